The monoisotopic (exact) mass is 285 g/mol. The molecule has 5 nitrogen and oxygen atoms in total. The Bertz CT molecular complexity index is 637. The van der Waals surface area contributed by atoms with E-state index in [2.05, 4.69) is 4.98 Å². The average Bonchev–Trinajstić information content (AvgIpc) is 3.16. The van der Waals surface area contributed by atoms with Crippen molar-refractivity contribution in [3.05, 3.63) is 47.8 Å². The molecule has 1 unspecified atom stereocenters. The van der Waals surface area contributed by atoms with Crippen LogP contribution in [0.4, 0.5) is 5.69 Å². The number of benzene rings is 1. The number of H-pyrrole nitrogens is 1. The number of carbonyl (C=O) groups is 1. The van der Waals surface area contributed by atoms with Gasteiger partial charge in [0.05, 0.1) is 18.7 Å². The van der Waals surface area contributed by atoms with E-state index in [-0.39, 0.29) is 11.9 Å². The van der Waals surface area contributed by atoms with E-state index in [1.165, 1.54) is 0 Å². The highest BCUT2D eigenvalue weighted by molar-refractivity contribution is 5.99. The zero-order valence-electron chi connectivity index (χ0n) is 12.0. The first kappa shape index (κ1) is 13.5. The summed E-state index contributed by atoms with van der Waals surface area (Å²) in [6.07, 6.45) is 3.87. The highest BCUT2D eigenvalue weighted by Gasteiger charge is 2.31. The summed E-state index contributed by atoms with van der Waals surface area (Å²) in [7, 11) is 1.58. The fraction of sp³-hybridized carbons (Fsp3) is 0.312. The fourth-order valence-corrected chi connectivity index (χ4v) is 2.90. The number of methoxy groups -OCH3 is 1. The second-order valence-electron chi connectivity index (χ2n) is 5.24. The number of likely N-dealkylation sites (tertiary alicyclic amines) is 1. The third-order valence-corrected chi connectivity index (χ3v) is 3.98. The lowest BCUT2D eigenvalue weighted by atomic mass is 10.1. The van der Waals surface area contributed by atoms with Gasteiger partial charge >= 0.3 is 0 Å². The zero-order chi connectivity index (χ0) is 14.8. The van der Waals surface area contributed by atoms with Gasteiger partial charge in [-0.3, -0.25) is 4.79 Å². The summed E-state index contributed by atoms with van der Waals surface area (Å²) in [4.78, 5) is 17.9. The van der Waals surface area contributed by atoms with Gasteiger partial charge in [-0.15, -0.1) is 0 Å². The van der Waals surface area contributed by atoms with E-state index in [1.807, 2.05) is 23.2 Å². The summed E-state index contributed by atoms with van der Waals surface area (Å²) in [5.41, 5.74) is 8.06. The van der Waals surface area contributed by atoms with Gasteiger partial charge in [0.15, 0.2) is 0 Å². The van der Waals surface area contributed by atoms with Crippen LogP contribution in [-0.2, 0) is 0 Å². The van der Waals surface area contributed by atoms with E-state index in [1.54, 1.807) is 25.3 Å². The summed E-state index contributed by atoms with van der Waals surface area (Å²) in [5, 5.41) is 0. The van der Waals surface area contributed by atoms with Gasteiger partial charge in [0.1, 0.15) is 5.75 Å². The maximum Gasteiger partial charge on any atom is 0.256 e. The van der Waals surface area contributed by atoms with E-state index >= 15 is 0 Å². The van der Waals surface area contributed by atoms with Crippen molar-refractivity contribution in [1.82, 2.24) is 9.88 Å². The Morgan fingerprint density at radius 2 is 2.29 bits per heavy atom. The van der Waals surface area contributed by atoms with Gasteiger partial charge in [-0.05, 0) is 37.1 Å². The lowest BCUT2D eigenvalue weighted by molar-refractivity contribution is 0.0734. The predicted molar refractivity (Wildman–Crippen MR) is 81.2 cm³/mol. The number of nitrogens with two attached hydrogens (primary N) is 1. The number of nitrogen functional groups attached to an aromatic ring is 1. The number of nitrogens with one attached hydrogen (secondary N) is 1. The summed E-state index contributed by atoms with van der Waals surface area (Å²) in [6.45, 7) is 0.758. The Kier molecular flexibility index (Phi) is 3.56. The molecule has 1 saturated heterocycles. The van der Waals surface area contributed by atoms with Gasteiger partial charge in [-0.25, -0.2) is 0 Å². The van der Waals surface area contributed by atoms with Gasteiger partial charge in [-0.1, -0.05) is 0 Å². The molecule has 0 aliphatic carbocycles. The lowest BCUT2D eigenvalue weighted by Crippen LogP contribution is -2.31. The molecule has 2 heterocycles. The van der Waals surface area contributed by atoms with Crippen LogP contribution in [0.1, 0.15) is 34.9 Å². The molecule has 3 N–H and O–H groups in total. The third kappa shape index (κ3) is 2.46. The molecule has 1 aromatic heterocycles. The Hall–Kier alpha value is -2.43. The minimum absolute atomic E-state index is 0.0211. The molecular formula is C16H19N3O2. The molecule has 21 heavy (non-hydrogen) atoms. The van der Waals surface area contributed by atoms with Crippen LogP contribution in [-0.4, -0.2) is 29.4 Å². The molecule has 1 aliphatic heterocycles. The standard InChI is InChI=1S/C16H19N3O2/c1-21-11-6-7-12(13(17)10-11)16(20)19-9-3-5-15(19)14-4-2-8-18-14/h2,4,6-8,10,15,18H,3,5,9,17H2,1H3. The highest BCUT2D eigenvalue weighted by atomic mass is 16.5. The van der Waals surface area contributed by atoms with Crippen LogP contribution in [0.5, 0.6) is 5.75 Å². The molecule has 0 bridgehead atoms. The largest absolute Gasteiger partial charge is 0.497 e. The lowest BCUT2D eigenvalue weighted by Gasteiger charge is -2.24. The first-order valence-corrected chi connectivity index (χ1v) is 7.08. The predicted octanol–water partition coefficient (Wildman–Crippen LogP) is 2.58. The van der Waals surface area contributed by atoms with Gasteiger partial charge in [-0.2, -0.15) is 0 Å². The van der Waals surface area contributed by atoms with Crippen LogP contribution in [0.3, 0.4) is 0 Å². The van der Waals surface area contributed by atoms with Crippen molar-refractivity contribution in [2.24, 2.45) is 0 Å². The van der Waals surface area contributed by atoms with E-state index in [4.69, 9.17) is 10.5 Å². The Morgan fingerprint density at radius 3 is 2.95 bits per heavy atom. The fourth-order valence-electron chi connectivity index (χ4n) is 2.90. The summed E-state index contributed by atoms with van der Waals surface area (Å²) >= 11 is 0. The van der Waals surface area contributed by atoms with Crippen molar-refractivity contribution in [3.8, 4) is 5.75 Å². The minimum atomic E-state index is -0.0211. The Balaban J connectivity index is 1.87. The van der Waals surface area contributed by atoms with Crippen molar-refractivity contribution < 1.29 is 9.53 Å². The summed E-state index contributed by atoms with van der Waals surface area (Å²) < 4.78 is 5.13. The topological polar surface area (TPSA) is 71.3 Å². The van der Waals surface area contributed by atoms with Crippen LogP contribution in [0.2, 0.25) is 0 Å². The molecule has 1 atom stereocenters. The number of hydrogen-bond donors (Lipinski definition) is 2. The molecule has 5 heteroatoms. The SMILES string of the molecule is COc1ccc(C(=O)N2CCCC2c2ccc[nH]2)c(N)c1. The van der Waals surface area contributed by atoms with E-state index in [0.29, 0.717) is 17.0 Å². The molecule has 1 aliphatic rings. The number of carbonyl (C=O) groups excluding carboxylic acids is 1. The quantitative estimate of drug-likeness (QED) is 0.851. The number of rotatable bonds is 3. The normalized spacial score (nSPS) is 18.0. The molecule has 1 fully saturated rings. The van der Waals surface area contributed by atoms with Gasteiger partial charge in [0.25, 0.3) is 5.91 Å². The molecule has 2 aromatic rings. The van der Waals surface area contributed by atoms with Crippen LogP contribution in [0.25, 0.3) is 0 Å². The van der Waals surface area contributed by atoms with Crippen molar-refractivity contribution >= 4 is 11.6 Å². The number of nitrogens with zero attached hydrogens (tertiary/aromatic N) is 1. The maximum atomic E-state index is 12.8. The second-order valence-corrected chi connectivity index (χ2v) is 5.24. The Morgan fingerprint density at radius 1 is 1.43 bits per heavy atom. The Labute approximate surface area is 123 Å². The highest BCUT2D eigenvalue weighted by Crippen LogP contribution is 2.33. The van der Waals surface area contributed by atoms with Crippen LogP contribution in [0, 0.1) is 0 Å². The van der Waals surface area contributed by atoms with Crippen molar-refractivity contribution in [3.63, 3.8) is 0 Å². The number of aromatic nitrogens is 1. The van der Waals surface area contributed by atoms with Crippen LogP contribution >= 0.6 is 0 Å². The summed E-state index contributed by atoms with van der Waals surface area (Å²) in [5.74, 6) is 0.638. The molecule has 110 valence electrons. The molecule has 0 radical (unpaired) electrons. The number of amides is 1. The van der Waals surface area contributed by atoms with E-state index in [9.17, 15) is 4.79 Å². The van der Waals surface area contributed by atoms with Crippen molar-refractivity contribution in [1.29, 1.82) is 0 Å². The van der Waals surface area contributed by atoms with Crippen LogP contribution < -0.4 is 10.5 Å². The van der Waals surface area contributed by atoms with Gasteiger partial charge < -0.3 is 20.4 Å². The average molecular weight is 285 g/mol. The number of aromatic amines is 1. The first-order valence-electron chi connectivity index (χ1n) is 7.08. The van der Waals surface area contributed by atoms with Crippen molar-refractivity contribution in [2.75, 3.05) is 19.4 Å². The number of hydrogen-bond acceptors (Lipinski definition) is 3. The maximum absolute atomic E-state index is 12.8. The van der Waals surface area contributed by atoms with E-state index < -0.39 is 0 Å². The molecule has 1 aromatic carbocycles. The van der Waals surface area contributed by atoms with E-state index in [0.717, 1.165) is 25.1 Å². The number of anilines is 1. The molecule has 1 amide bonds. The third-order valence-electron chi connectivity index (χ3n) is 3.98. The number of ether oxygens (including phenoxy) is 1. The van der Waals surface area contributed by atoms with Crippen LogP contribution in [0.15, 0.2) is 36.5 Å². The molecular weight excluding hydrogens is 266 g/mol. The second kappa shape index (κ2) is 5.52. The smallest absolute Gasteiger partial charge is 0.256 e. The van der Waals surface area contributed by atoms with Crippen molar-refractivity contribution in [2.45, 2.75) is 18.9 Å². The van der Waals surface area contributed by atoms with Gasteiger partial charge in [0.2, 0.25) is 0 Å². The molecule has 0 saturated carbocycles. The zero-order valence-corrected chi connectivity index (χ0v) is 12.0. The molecule has 3 rings (SSSR count). The summed E-state index contributed by atoms with van der Waals surface area (Å²) in [6, 6.07) is 9.27. The molecule has 0 spiro atoms. The first-order chi connectivity index (χ1) is 10.2. The van der Waals surface area contributed by atoms with Gasteiger partial charge in [0, 0.05) is 30.2 Å². The minimum Gasteiger partial charge on any atom is -0.497 e.